The molecule has 5 nitrogen and oxygen atoms in total. The maximum absolute atomic E-state index is 11.6. The maximum atomic E-state index is 11.6. The predicted molar refractivity (Wildman–Crippen MR) is 94.6 cm³/mol. The van der Waals surface area contributed by atoms with Crippen LogP contribution < -0.4 is 0 Å². The van der Waals surface area contributed by atoms with Crippen LogP contribution in [-0.2, 0) is 19.1 Å². The number of carbonyl (C=O) groups excluding carboxylic acids is 2. The zero-order valence-electron chi connectivity index (χ0n) is 15.3. The van der Waals surface area contributed by atoms with Crippen molar-refractivity contribution in [3.8, 4) is 0 Å². The first-order valence-corrected chi connectivity index (χ1v) is 9.18. The molecular weight excluding hydrogens is 308 g/mol. The first-order chi connectivity index (χ1) is 11.6. The van der Waals surface area contributed by atoms with Crippen molar-refractivity contribution < 1.29 is 24.2 Å². The van der Waals surface area contributed by atoms with Gasteiger partial charge >= 0.3 is 11.9 Å². The van der Waals surface area contributed by atoms with Gasteiger partial charge in [0.1, 0.15) is 6.61 Å². The van der Waals surface area contributed by atoms with Crippen LogP contribution in [0.1, 0.15) is 78.1 Å². The molecule has 1 unspecified atom stereocenters. The van der Waals surface area contributed by atoms with E-state index in [1.807, 2.05) is 0 Å². The quantitative estimate of drug-likeness (QED) is 0.277. The zero-order chi connectivity index (χ0) is 18.0. The first kappa shape index (κ1) is 22.6. The molecule has 0 aliphatic heterocycles. The van der Waals surface area contributed by atoms with Gasteiger partial charge in [0.15, 0.2) is 6.10 Å². The Kier molecular flexibility index (Phi) is 15.6. The summed E-state index contributed by atoms with van der Waals surface area (Å²) in [6.45, 7) is 3.04. The molecule has 0 radical (unpaired) electrons. The second kappa shape index (κ2) is 16.5. The highest BCUT2D eigenvalue weighted by Crippen LogP contribution is 2.09. The van der Waals surface area contributed by atoms with Gasteiger partial charge in [-0.15, -0.1) is 0 Å². The number of unbranched alkanes of at least 4 members (excludes halogenated alkanes) is 7. The molecule has 5 heteroatoms. The third kappa shape index (κ3) is 15.5. The van der Waals surface area contributed by atoms with Crippen LogP contribution in [0.4, 0.5) is 0 Å². The van der Waals surface area contributed by atoms with E-state index in [2.05, 4.69) is 19.1 Å². The van der Waals surface area contributed by atoms with E-state index in [9.17, 15) is 9.59 Å². The molecule has 0 aromatic rings. The summed E-state index contributed by atoms with van der Waals surface area (Å²) in [4.78, 5) is 22.3. The van der Waals surface area contributed by atoms with Gasteiger partial charge in [0.05, 0.1) is 6.61 Å². The number of hydrogen-bond acceptors (Lipinski definition) is 5. The average molecular weight is 342 g/mol. The number of esters is 2. The highest BCUT2D eigenvalue weighted by Gasteiger charge is 2.14. The van der Waals surface area contributed by atoms with E-state index in [0.717, 1.165) is 25.7 Å². The van der Waals surface area contributed by atoms with Crippen molar-refractivity contribution in [3.63, 3.8) is 0 Å². The molecule has 24 heavy (non-hydrogen) atoms. The summed E-state index contributed by atoms with van der Waals surface area (Å²) in [5, 5.41) is 9.07. The normalized spacial score (nSPS) is 12.3. The molecule has 0 fully saturated rings. The molecule has 0 rings (SSSR count). The molecule has 0 heterocycles. The summed E-state index contributed by atoms with van der Waals surface area (Å²) >= 11 is 0. The first-order valence-electron chi connectivity index (χ1n) is 9.18. The van der Waals surface area contributed by atoms with Gasteiger partial charge in [-0.05, 0) is 25.7 Å². The van der Waals surface area contributed by atoms with Crippen molar-refractivity contribution in [2.75, 3.05) is 13.2 Å². The molecule has 0 aliphatic rings. The van der Waals surface area contributed by atoms with Crippen LogP contribution in [-0.4, -0.2) is 36.4 Å². The highest BCUT2D eigenvalue weighted by molar-refractivity contribution is 5.69. The maximum Gasteiger partial charge on any atom is 0.306 e. The third-order valence-electron chi connectivity index (χ3n) is 3.62. The Balaban J connectivity index is 3.51. The van der Waals surface area contributed by atoms with Crippen molar-refractivity contribution in [1.82, 2.24) is 0 Å². The highest BCUT2D eigenvalue weighted by atomic mass is 16.6. The van der Waals surface area contributed by atoms with Crippen LogP contribution in [0, 0.1) is 0 Å². The summed E-state index contributed by atoms with van der Waals surface area (Å²) in [6.07, 6.45) is 14.2. The van der Waals surface area contributed by atoms with Crippen LogP contribution in [0.5, 0.6) is 0 Å². The molecule has 140 valence electrons. The number of allylic oxidation sites excluding steroid dienone is 2. The van der Waals surface area contributed by atoms with Crippen molar-refractivity contribution in [1.29, 1.82) is 0 Å². The molecule has 0 aliphatic carbocycles. The van der Waals surface area contributed by atoms with Crippen LogP contribution in [0.15, 0.2) is 12.2 Å². The number of rotatable bonds is 15. The lowest BCUT2D eigenvalue weighted by molar-refractivity contribution is -0.160. The number of ether oxygens (including phenoxy) is 2. The molecule has 0 aromatic carbocycles. The minimum Gasteiger partial charge on any atom is -0.462 e. The molecule has 0 spiro atoms. The minimum atomic E-state index is -0.763. The molecule has 0 saturated carbocycles. The molecule has 0 saturated heterocycles. The van der Waals surface area contributed by atoms with E-state index in [0.29, 0.717) is 6.42 Å². The van der Waals surface area contributed by atoms with Crippen molar-refractivity contribution in [2.24, 2.45) is 0 Å². The molecule has 0 aromatic heterocycles. The number of carbonyl (C=O) groups is 2. The zero-order valence-corrected chi connectivity index (χ0v) is 15.3. The minimum absolute atomic E-state index is 0.0939. The molecule has 1 N–H and O–H groups in total. The second-order valence-electron chi connectivity index (χ2n) is 6.02. The van der Waals surface area contributed by atoms with Crippen molar-refractivity contribution in [2.45, 2.75) is 84.2 Å². The van der Waals surface area contributed by atoms with E-state index in [-0.39, 0.29) is 19.2 Å². The summed E-state index contributed by atoms with van der Waals surface area (Å²) < 4.78 is 9.79. The largest absolute Gasteiger partial charge is 0.462 e. The fourth-order valence-corrected chi connectivity index (χ4v) is 2.20. The van der Waals surface area contributed by atoms with Crippen molar-refractivity contribution >= 4 is 11.9 Å². The lowest BCUT2D eigenvalue weighted by Crippen LogP contribution is -2.28. The topological polar surface area (TPSA) is 72.8 Å². The second-order valence-corrected chi connectivity index (χ2v) is 6.02. The smallest absolute Gasteiger partial charge is 0.306 e. The average Bonchev–Trinajstić information content (AvgIpc) is 2.56. The van der Waals surface area contributed by atoms with Crippen LogP contribution in [0.25, 0.3) is 0 Å². The van der Waals surface area contributed by atoms with E-state index in [1.54, 1.807) is 0 Å². The standard InChI is InChI=1S/C19H34O5/c1-3-4-5-6-7-8-9-10-11-12-13-14-19(22)24-18(15-20)16-23-17(2)21/h6-7,18,20H,3-5,8-16H2,1-2H3/b7-6-. The van der Waals surface area contributed by atoms with Crippen molar-refractivity contribution in [3.05, 3.63) is 12.2 Å². The SMILES string of the molecule is CCCC/C=C\CCCCCCCC(=O)OC(CO)COC(C)=O. The van der Waals surface area contributed by atoms with Gasteiger partial charge in [0.25, 0.3) is 0 Å². The van der Waals surface area contributed by atoms with Gasteiger partial charge in [-0.1, -0.05) is 51.2 Å². The summed E-state index contributed by atoms with van der Waals surface area (Å²) in [6, 6.07) is 0. The number of hydrogen-bond donors (Lipinski definition) is 1. The number of aliphatic hydroxyl groups is 1. The lowest BCUT2D eigenvalue weighted by atomic mass is 10.1. The van der Waals surface area contributed by atoms with Gasteiger partial charge in [-0.2, -0.15) is 0 Å². The van der Waals surface area contributed by atoms with Gasteiger partial charge in [0, 0.05) is 13.3 Å². The van der Waals surface area contributed by atoms with Crippen LogP contribution in [0.3, 0.4) is 0 Å². The third-order valence-corrected chi connectivity index (χ3v) is 3.62. The summed E-state index contributed by atoms with van der Waals surface area (Å²) in [7, 11) is 0. The molecule has 0 bridgehead atoms. The fraction of sp³-hybridized carbons (Fsp3) is 0.789. The number of aliphatic hydroxyl groups excluding tert-OH is 1. The summed E-state index contributed by atoms with van der Waals surface area (Å²) in [5.41, 5.74) is 0. The Morgan fingerprint density at radius 1 is 1.00 bits per heavy atom. The fourth-order valence-electron chi connectivity index (χ4n) is 2.20. The Labute approximate surface area is 146 Å². The van der Waals surface area contributed by atoms with E-state index >= 15 is 0 Å². The molecule has 1 atom stereocenters. The Morgan fingerprint density at radius 3 is 2.25 bits per heavy atom. The van der Waals surface area contributed by atoms with E-state index < -0.39 is 12.1 Å². The Morgan fingerprint density at radius 2 is 1.62 bits per heavy atom. The monoisotopic (exact) mass is 342 g/mol. The van der Waals surface area contributed by atoms with Gasteiger partial charge in [0.2, 0.25) is 0 Å². The van der Waals surface area contributed by atoms with Crippen LogP contribution >= 0.6 is 0 Å². The van der Waals surface area contributed by atoms with E-state index in [1.165, 1.54) is 39.0 Å². The van der Waals surface area contributed by atoms with Crippen LogP contribution in [0.2, 0.25) is 0 Å². The lowest BCUT2D eigenvalue weighted by Gasteiger charge is -2.15. The predicted octanol–water partition coefficient (Wildman–Crippen LogP) is 3.93. The Bertz CT molecular complexity index is 352. The Hall–Kier alpha value is -1.36. The molecular formula is C19H34O5. The van der Waals surface area contributed by atoms with Gasteiger partial charge in [-0.3, -0.25) is 9.59 Å². The van der Waals surface area contributed by atoms with Gasteiger partial charge in [-0.25, -0.2) is 0 Å². The van der Waals surface area contributed by atoms with E-state index in [4.69, 9.17) is 14.6 Å². The van der Waals surface area contributed by atoms with Gasteiger partial charge < -0.3 is 14.6 Å². The summed E-state index contributed by atoms with van der Waals surface area (Å²) in [5.74, 6) is -0.801. The molecule has 0 amide bonds.